The van der Waals surface area contributed by atoms with Gasteiger partial charge in [0.1, 0.15) is 5.58 Å². The Balaban J connectivity index is 0.000000230. The summed E-state index contributed by atoms with van der Waals surface area (Å²) in [6, 6.07) is 31.6. The van der Waals surface area contributed by atoms with Gasteiger partial charge in [0.05, 0.1) is 25.6 Å². The number of imidazole rings is 1. The summed E-state index contributed by atoms with van der Waals surface area (Å²) in [6.45, 7) is 2.64. The number of hydrogen-bond acceptors (Lipinski definition) is 4. The Bertz CT molecular complexity index is 3120. The minimum Gasteiger partial charge on any atom is -0.501 e. The Hall–Kier alpha value is -5.67. The maximum atomic E-state index is 13.4. The summed E-state index contributed by atoms with van der Waals surface area (Å²) >= 11 is 0. The summed E-state index contributed by atoms with van der Waals surface area (Å²) in [5, 5.41) is 13.6. The summed E-state index contributed by atoms with van der Waals surface area (Å²) in [5.41, 5.74) is 3.51. The van der Waals surface area contributed by atoms with Crippen molar-refractivity contribution < 1.29 is 38.5 Å². The average Bonchev–Trinajstić information content (AvgIpc) is 3.82. The second-order valence-corrected chi connectivity index (χ2v) is 13.2. The molecule has 0 unspecified atom stereocenters. The van der Waals surface area contributed by atoms with Crippen LogP contribution < -0.4 is 0 Å². The fraction of sp³-hybridized carbons (Fsp3) is 0.133. The van der Waals surface area contributed by atoms with Gasteiger partial charge in [-0.15, -0.1) is 36.4 Å². The van der Waals surface area contributed by atoms with E-state index in [0.29, 0.717) is 28.0 Å². The molecule has 0 fully saturated rings. The maximum Gasteiger partial charge on any atom is 0.122 e. The quantitative estimate of drug-likeness (QED) is 0.131. The van der Waals surface area contributed by atoms with Gasteiger partial charge in [-0.2, -0.15) is 5.26 Å². The third-order valence-corrected chi connectivity index (χ3v) is 8.48. The third kappa shape index (κ3) is 6.48. The molecule has 0 aliphatic heterocycles. The van der Waals surface area contributed by atoms with Crippen molar-refractivity contribution in [3.63, 3.8) is 0 Å². The fourth-order valence-corrected chi connectivity index (χ4v) is 6.31. The number of aromatic nitrogens is 3. The van der Waals surface area contributed by atoms with Crippen LogP contribution in [0.5, 0.6) is 0 Å². The van der Waals surface area contributed by atoms with E-state index in [1.165, 1.54) is 30.5 Å². The van der Waals surface area contributed by atoms with Gasteiger partial charge in [-0.3, -0.25) is 9.37 Å². The van der Waals surface area contributed by atoms with Gasteiger partial charge >= 0.3 is 0 Å². The molecular formula is C45H33FIrN4O-2. The van der Waals surface area contributed by atoms with Crippen LogP contribution in [0.15, 0.2) is 120 Å². The van der Waals surface area contributed by atoms with Crippen LogP contribution in [-0.4, -0.2) is 14.4 Å². The molecule has 9 aromatic rings. The van der Waals surface area contributed by atoms with Crippen molar-refractivity contribution in [3.8, 4) is 28.5 Å². The molecule has 0 spiro atoms. The second kappa shape index (κ2) is 13.8. The number of fused-ring (bicyclic) bond motifs is 9. The summed E-state index contributed by atoms with van der Waals surface area (Å²) in [6.07, 6.45) is 3.05. The van der Waals surface area contributed by atoms with Crippen LogP contribution in [0, 0.1) is 41.5 Å². The molecule has 5 aromatic carbocycles. The van der Waals surface area contributed by atoms with E-state index >= 15 is 0 Å². The standard InChI is InChI=1S/C30H25N2O.C15H8FN2.Ir/c1-19-18-32-27(15-26(19)22-11-8-20(9-12-22)16-30(2,3)4)25-7-5-6-24-23-13-10-21(17-31)14-28(23)33-29(24)25;16-10-5-6-12-13(9-10)11-3-1-2-4-14(11)18-8-7-17-15(12)18;/h5-6,8-15,18H,16H2,1-4H3;1-5,7-9H;/q2*-1;/i1D3,11D,12D,16D2;;. The normalized spacial score (nSPS) is 13.9. The number of nitriles is 1. The molecule has 0 saturated carbocycles. The monoisotopic (exact) mass is 864 g/mol. The first-order chi connectivity index (χ1) is 27.5. The van der Waals surface area contributed by atoms with E-state index in [9.17, 15) is 9.65 Å². The molecule has 1 radical (unpaired) electrons. The Morgan fingerprint density at radius 1 is 0.981 bits per heavy atom. The van der Waals surface area contributed by atoms with Gasteiger partial charge in [0, 0.05) is 62.3 Å². The van der Waals surface area contributed by atoms with E-state index < -0.39 is 18.6 Å². The Morgan fingerprint density at radius 2 is 1.81 bits per heavy atom. The molecule has 5 nitrogen and oxygen atoms in total. The molecule has 0 aliphatic carbocycles. The fourth-order valence-electron chi connectivity index (χ4n) is 6.31. The molecule has 0 amide bonds. The van der Waals surface area contributed by atoms with Crippen molar-refractivity contribution >= 4 is 49.3 Å². The van der Waals surface area contributed by atoms with E-state index in [4.69, 9.17) is 14.0 Å². The molecule has 257 valence electrons. The SMILES string of the molecule is Fc1c[c-]c2c(c1)c1ccccc1n1ccnc21.[2H]c1cc(C([2H])([2H])C(C)(C)C)cc([2H])c1-c1cc(-c2[c-]ccc3c2oc2cc(C#N)ccc23)ncc1C([2H])([2H])[2H].[Ir]. The van der Waals surface area contributed by atoms with E-state index in [1.54, 1.807) is 57.3 Å². The molecule has 0 saturated heterocycles. The molecule has 4 aromatic heterocycles. The van der Waals surface area contributed by atoms with Crippen molar-refractivity contribution in [1.82, 2.24) is 14.4 Å². The zero-order valence-corrected chi connectivity index (χ0v) is 30.6. The van der Waals surface area contributed by atoms with Crippen LogP contribution in [0.1, 0.15) is 47.1 Å². The molecule has 0 N–H and O–H groups in total. The van der Waals surface area contributed by atoms with Crippen molar-refractivity contribution in [2.45, 2.75) is 34.0 Å². The van der Waals surface area contributed by atoms with Crippen LogP contribution in [0.3, 0.4) is 0 Å². The number of hydrogen-bond donors (Lipinski definition) is 0. The van der Waals surface area contributed by atoms with Crippen LogP contribution >= 0.6 is 0 Å². The topological polar surface area (TPSA) is 67.1 Å². The summed E-state index contributed by atoms with van der Waals surface area (Å²) in [5.74, 6) is -0.274. The first kappa shape index (κ1) is 27.0. The molecule has 0 atom stereocenters. The number of benzene rings is 5. The van der Waals surface area contributed by atoms with Crippen LogP contribution in [0.2, 0.25) is 0 Å². The third-order valence-electron chi connectivity index (χ3n) is 8.48. The number of aryl methyl sites for hydroxylation is 1. The van der Waals surface area contributed by atoms with Crippen molar-refractivity contribution in [2.75, 3.05) is 0 Å². The van der Waals surface area contributed by atoms with Gasteiger partial charge in [0.15, 0.2) is 0 Å². The molecule has 52 heavy (non-hydrogen) atoms. The van der Waals surface area contributed by atoms with Crippen LogP contribution in [-0.2, 0) is 26.5 Å². The zero-order valence-electron chi connectivity index (χ0n) is 35.2. The number of nitrogens with zero attached hydrogens (tertiary/aromatic N) is 4. The summed E-state index contributed by atoms with van der Waals surface area (Å²) in [4.78, 5) is 8.75. The van der Waals surface area contributed by atoms with E-state index in [2.05, 4.69) is 28.2 Å². The number of furan rings is 1. The van der Waals surface area contributed by atoms with E-state index in [-0.39, 0.29) is 60.3 Å². The first-order valence-electron chi connectivity index (χ1n) is 19.7. The molecule has 0 bridgehead atoms. The van der Waals surface area contributed by atoms with Crippen LogP contribution in [0.4, 0.5) is 4.39 Å². The van der Waals surface area contributed by atoms with Crippen molar-refractivity contribution in [3.05, 3.63) is 150 Å². The van der Waals surface area contributed by atoms with Gasteiger partial charge in [0.25, 0.3) is 0 Å². The summed E-state index contributed by atoms with van der Waals surface area (Å²) < 4.78 is 80.5. The molecule has 7 heteroatoms. The second-order valence-electron chi connectivity index (χ2n) is 13.2. The Labute approximate surface area is 324 Å². The molecule has 9 rings (SSSR count). The largest absolute Gasteiger partial charge is 0.501 e. The van der Waals surface area contributed by atoms with E-state index in [0.717, 1.165) is 38.1 Å². The van der Waals surface area contributed by atoms with Crippen molar-refractivity contribution in [2.24, 2.45) is 5.41 Å². The number of halogens is 1. The molecular weight excluding hydrogens is 824 g/mol. The van der Waals surface area contributed by atoms with Gasteiger partial charge in [-0.1, -0.05) is 97.0 Å². The van der Waals surface area contributed by atoms with Crippen LogP contribution in [0.25, 0.3) is 71.6 Å². The average molecular weight is 864 g/mol. The van der Waals surface area contributed by atoms with Gasteiger partial charge < -0.3 is 13.8 Å². The molecule has 4 heterocycles. The summed E-state index contributed by atoms with van der Waals surface area (Å²) in [7, 11) is 0. The predicted molar refractivity (Wildman–Crippen MR) is 203 cm³/mol. The first-order valence-corrected chi connectivity index (χ1v) is 16.2. The smallest absolute Gasteiger partial charge is 0.122 e. The Morgan fingerprint density at radius 3 is 2.60 bits per heavy atom. The minimum absolute atomic E-state index is 0. The van der Waals surface area contributed by atoms with E-state index in [1.807, 2.05) is 40.9 Å². The predicted octanol–water partition coefficient (Wildman–Crippen LogP) is 11.5. The van der Waals surface area contributed by atoms with Gasteiger partial charge in [-0.05, 0) is 70.2 Å². The molecule has 0 aliphatic rings. The Kier molecular flexibility index (Phi) is 7.18. The van der Waals surface area contributed by atoms with Crippen molar-refractivity contribution in [1.29, 1.82) is 5.26 Å². The number of rotatable bonds is 3. The van der Waals surface area contributed by atoms with Gasteiger partial charge in [-0.25, -0.2) is 0 Å². The van der Waals surface area contributed by atoms with Gasteiger partial charge in [0.2, 0.25) is 0 Å². The minimum atomic E-state index is -2.58. The number of para-hydroxylation sites is 1. The maximum absolute atomic E-state index is 13.4. The number of pyridine rings is 2. The zero-order chi connectivity index (χ0) is 41.3.